The van der Waals surface area contributed by atoms with Gasteiger partial charge in [0.2, 0.25) is 0 Å². The van der Waals surface area contributed by atoms with Crippen LogP contribution in [-0.2, 0) is 0 Å². The highest BCUT2D eigenvalue weighted by Crippen LogP contribution is 2.34. The Morgan fingerprint density at radius 3 is 2.79 bits per heavy atom. The Hall–Kier alpha value is -0.320. The van der Waals surface area contributed by atoms with Crippen LogP contribution in [-0.4, -0.2) is 6.72 Å². The first kappa shape index (κ1) is 11.8. The molecule has 1 aromatic carbocycles. The molecule has 1 nitrogen and oxygen atoms in total. The van der Waals surface area contributed by atoms with Gasteiger partial charge < -0.3 is 0 Å². The molecule has 0 spiro atoms. The van der Waals surface area contributed by atoms with Gasteiger partial charge in [-0.15, -0.1) is 0 Å². The summed E-state index contributed by atoms with van der Waals surface area (Å²) in [4.78, 5) is 3.92. The Kier molecular flexibility index (Phi) is 5.22. The zero-order valence-electron chi connectivity index (χ0n) is 7.80. The number of rotatable bonds is 4. The third kappa shape index (κ3) is 3.44. The maximum absolute atomic E-state index is 4.06. The number of aryl methyl sites for hydroxylation is 1. The molecular formula is C10H11NS3. The predicted octanol–water partition coefficient (Wildman–Crippen LogP) is 4.22. The maximum atomic E-state index is 4.06. The van der Waals surface area contributed by atoms with Crippen molar-refractivity contribution in [1.82, 2.24) is 0 Å². The molecule has 0 saturated carbocycles. The largest absolute Gasteiger partial charge is 0.257 e. The molecular weight excluding hydrogens is 230 g/mol. The minimum absolute atomic E-state index is 0.874. The molecule has 0 aliphatic rings. The molecule has 0 aliphatic heterocycles. The van der Waals surface area contributed by atoms with E-state index in [1.54, 1.807) is 0 Å². The van der Waals surface area contributed by atoms with Gasteiger partial charge in [0.05, 0.1) is 0 Å². The van der Waals surface area contributed by atoms with Gasteiger partial charge in [-0.05, 0) is 51.5 Å². The second-order valence-electron chi connectivity index (χ2n) is 2.66. The van der Waals surface area contributed by atoms with Crippen LogP contribution in [0, 0.1) is 6.92 Å². The van der Waals surface area contributed by atoms with Crippen LogP contribution < -0.4 is 0 Å². The van der Waals surface area contributed by atoms with E-state index in [2.05, 4.69) is 42.4 Å². The first-order valence-corrected chi connectivity index (χ1v) is 7.20. The number of hydrogen-bond acceptors (Lipinski definition) is 4. The summed E-state index contributed by atoms with van der Waals surface area (Å²) < 4.78 is 0. The molecule has 0 N–H and O–H groups in total. The van der Waals surface area contributed by atoms with E-state index in [1.807, 2.05) is 18.2 Å². The monoisotopic (exact) mass is 241 g/mol. The van der Waals surface area contributed by atoms with Crippen LogP contribution in [0.4, 0.5) is 0 Å². The standard InChI is InChI=1S/C10H11NS3/c1-8-5-3-4-6-9(8)7-10(11-2)13-14-12/h3-7,12H,2H2,1H3/b10-7+. The zero-order chi connectivity index (χ0) is 10.4. The molecule has 0 unspecified atom stereocenters. The molecule has 0 heterocycles. The van der Waals surface area contributed by atoms with E-state index in [4.69, 9.17) is 0 Å². The van der Waals surface area contributed by atoms with E-state index in [1.165, 1.54) is 31.7 Å². The van der Waals surface area contributed by atoms with Gasteiger partial charge in [-0.3, -0.25) is 4.99 Å². The maximum Gasteiger partial charge on any atom is 0.107 e. The third-order valence-corrected chi connectivity index (χ3v) is 3.64. The Bertz CT molecular complexity index is 347. The van der Waals surface area contributed by atoms with Gasteiger partial charge in [0.15, 0.2) is 0 Å². The van der Waals surface area contributed by atoms with E-state index in [0.717, 1.165) is 5.03 Å². The van der Waals surface area contributed by atoms with Gasteiger partial charge in [0, 0.05) is 0 Å². The number of nitrogens with zero attached hydrogens (tertiary/aromatic N) is 1. The lowest BCUT2D eigenvalue weighted by Gasteiger charge is -2.00. The fourth-order valence-electron chi connectivity index (χ4n) is 1.02. The van der Waals surface area contributed by atoms with Crippen molar-refractivity contribution >= 4 is 45.1 Å². The minimum Gasteiger partial charge on any atom is -0.257 e. The van der Waals surface area contributed by atoms with E-state index in [9.17, 15) is 0 Å². The Balaban J connectivity index is 2.94. The highest BCUT2D eigenvalue weighted by atomic mass is 33.5. The summed E-state index contributed by atoms with van der Waals surface area (Å²) in [5.74, 6) is 0. The van der Waals surface area contributed by atoms with Crippen molar-refractivity contribution in [3.05, 3.63) is 40.4 Å². The van der Waals surface area contributed by atoms with Crippen molar-refractivity contribution < 1.29 is 0 Å². The lowest BCUT2D eigenvalue weighted by atomic mass is 10.1. The first-order chi connectivity index (χ1) is 6.77. The lowest BCUT2D eigenvalue weighted by Crippen LogP contribution is -1.79. The second kappa shape index (κ2) is 6.22. The molecule has 0 aromatic heterocycles. The average molecular weight is 241 g/mol. The second-order valence-corrected chi connectivity index (χ2v) is 5.68. The van der Waals surface area contributed by atoms with Gasteiger partial charge in [-0.1, -0.05) is 35.9 Å². The van der Waals surface area contributed by atoms with Crippen LogP contribution >= 0.6 is 32.3 Å². The third-order valence-electron chi connectivity index (χ3n) is 1.75. The number of aliphatic imine (C=N–C) groups is 1. The van der Waals surface area contributed by atoms with E-state index in [0.29, 0.717) is 0 Å². The van der Waals surface area contributed by atoms with Gasteiger partial charge in [-0.2, -0.15) is 0 Å². The average Bonchev–Trinajstić information content (AvgIpc) is 2.20. The fourth-order valence-corrected chi connectivity index (χ4v) is 2.54. The topological polar surface area (TPSA) is 12.4 Å². The number of benzene rings is 1. The van der Waals surface area contributed by atoms with Crippen molar-refractivity contribution in [1.29, 1.82) is 0 Å². The van der Waals surface area contributed by atoms with Crippen LogP contribution in [0.3, 0.4) is 0 Å². The van der Waals surface area contributed by atoms with Crippen molar-refractivity contribution in [2.24, 2.45) is 4.99 Å². The summed E-state index contributed by atoms with van der Waals surface area (Å²) in [5, 5.41) is 0.874. The fraction of sp³-hybridized carbons (Fsp3) is 0.100. The van der Waals surface area contributed by atoms with Crippen LogP contribution in [0.25, 0.3) is 6.08 Å². The SMILES string of the molecule is C=N/C(=C\c1ccccc1C)SSS. The van der Waals surface area contributed by atoms with Crippen LogP contribution in [0.2, 0.25) is 0 Å². The van der Waals surface area contributed by atoms with Crippen LogP contribution in [0.15, 0.2) is 34.3 Å². The molecule has 0 saturated heterocycles. The van der Waals surface area contributed by atoms with Crippen LogP contribution in [0.5, 0.6) is 0 Å². The highest BCUT2D eigenvalue weighted by molar-refractivity contribution is 9.06. The summed E-state index contributed by atoms with van der Waals surface area (Å²) in [7, 11) is 2.86. The first-order valence-electron chi connectivity index (χ1n) is 4.00. The van der Waals surface area contributed by atoms with Gasteiger partial charge in [0.25, 0.3) is 0 Å². The molecule has 1 rings (SSSR count). The zero-order valence-corrected chi connectivity index (χ0v) is 10.3. The Morgan fingerprint density at radius 2 is 2.21 bits per heavy atom. The van der Waals surface area contributed by atoms with Crippen molar-refractivity contribution in [3.8, 4) is 0 Å². The minimum atomic E-state index is 0.874. The molecule has 0 atom stereocenters. The summed E-state index contributed by atoms with van der Waals surface area (Å²) in [6.07, 6.45) is 2.01. The van der Waals surface area contributed by atoms with E-state index >= 15 is 0 Å². The normalized spacial score (nSPS) is 11.4. The molecule has 0 amide bonds. The molecule has 4 heteroatoms. The van der Waals surface area contributed by atoms with Crippen molar-refractivity contribution in [2.45, 2.75) is 6.92 Å². The lowest BCUT2D eigenvalue weighted by molar-refractivity contribution is 1.43. The molecule has 0 bridgehead atoms. The Morgan fingerprint density at radius 1 is 1.50 bits per heavy atom. The van der Waals surface area contributed by atoms with Gasteiger partial charge >= 0.3 is 0 Å². The molecule has 0 radical (unpaired) electrons. The molecule has 0 fully saturated rings. The summed E-state index contributed by atoms with van der Waals surface area (Å²) in [5.41, 5.74) is 2.41. The number of hydrogen-bond donors (Lipinski definition) is 1. The van der Waals surface area contributed by atoms with Crippen molar-refractivity contribution in [3.63, 3.8) is 0 Å². The summed E-state index contributed by atoms with van der Waals surface area (Å²) in [6.45, 7) is 5.59. The predicted molar refractivity (Wildman–Crippen MR) is 72.9 cm³/mol. The molecule has 14 heavy (non-hydrogen) atoms. The van der Waals surface area contributed by atoms with Gasteiger partial charge in [0.1, 0.15) is 5.03 Å². The highest BCUT2D eigenvalue weighted by Gasteiger charge is 1.97. The van der Waals surface area contributed by atoms with E-state index in [-0.39, 0.29) is 0 Å². The molecule has 1 aromatic rings. The number of thiol groups is 1. The molecule has 0 aliphatic carbocycles. The Labute approximate surface area is 97.3 Å². The summed E-state index contributed by atoms with van der Waals surface area (Å²) in [6, 6.07) is 8.17. The van der Waals surface area contributed by atoms with Crippen LogP contribution in [0.1, 0.15) is 11.1 Å². The van der Waals surface area contributed by atoms with Gasteiger partial charge in [-0.25, -0.2) is 0 Å². The molecule has 74 valence electrons. The smallest absolute Gasteiger partial charge is 0.107 e. The van der Waals surface area contributed by atoms with E-state index < -0.39 is 0 Å². The summed E-state index contributed by atoms with van der Waals surface area (Å²) >= 11 is 4.06. The van der Waals surface area contributed by atoms with Crippen molar-refractivity contribution in [2.75, 3.05) is 0 Å². The quantitative estimate of drug-likeness (QED) is 0.481.